The Morgan fingerprint density at radius 2 is 2.15 bits per heavy atom. The van der Waals surface area contributed by atoms with Gasteiger partial charge in [0.05, 0.1) is 6.04 Å². The fraction of sp³-hybridized carbons (Fsp3) is 0.818. The van der Waals surface area contributed by atoms with E-state index in [9.17, 15) is 0 Å². The van der Waals surface area contributed by atoms with Gasteiger partial charge in [-0.3, -0.25) is 4.90 Å². The highest BCUT2D eigenvalue weighted by Gasteiger charge is 2.21. The van der Waals surface area contributed by atoms with Crippen molar-refractivity contribution in [1.29, 1.82) is 0 Å². The summed E-state index contributed by atoms with van der Waals surface area (Å²) in [6.07, 6.45) is 9.00. The van der Waals surface area contributed by atoms with Gasteiger partial charge in [-0.2, -0.15) is 0 Å². The van der Waals surface area contributed by atoms with Crippen molar-refractivity contribution >= 4 is 0 Å². The SMILES string of the molecule is C#CC(CC)N(C)C1CCNCC1. The molecule has 0 aromatic carbocycles. The Kier molecular flexibility index (Phi) is 4.27. The fourth-order valence-electron chi connectivity index (χ4n) is 1.99. The largest absolute Gasteiger partial charge is 0.317 e. The third kappa shape index (κ3) is 2.72. The smallest absolute Gasteiger partial charge is 0.0709 e. The van der Waals surface area contributed by atoms with Gasteiger partial charge in [-0.05, 0) is 39.4 Å². The first-order valence-corrected chi connectivity index (χ1v) is 5.18. The van der Waals surface area contributed by atoms with E-state index in [4.69, 9.17) is 6.42 Å². The minimum atomic E-state index is 0.322. The maximum atomic E-state index is 5.48. The fourth-order valence-corrected chi connectivity index (χ4v) is 1.99. The molecule has 1 heterocycles. The average molecular weight is 180 g/mol. The molecule has 0 aromatic rings. The lowest BCUT2D eigenvalue weighted by Gasteiger charge is -2.34. The molecule has 1 aliphatic heterocycles. The van der Waals surface area contributed by atoms with Gasteiger partial charge in [-0.15, -0.1) is 6.42 Å². The Balaban J connectivity index is 2.44. The molecule has 74 valence electrons. The minimum Gasteiger partial charge on any atom is -0.317 e. The van der Waals surface area contributed by atoms with E-state index in [2.05, 4.69) is 30.1 Å². The lowest BCUT2D eigenvalue weighted by molar-refractivity contribution is 0.168. The van der Waals surface area contributed by atoms with Gasteiger partial charge in [0.2, 0.25) is 0 Å². The first-order chi connectivity index (χ1) is 6.29. The number of hydrogen-bond donors (Lipinski definition) is 1. The van der Waals surface area contributed by atoms with Crippen molar-refractivity contribution < 1.29 is 0 Å². The van der Waals surface area contributed by atoms with Gasteiger partial charge in [0.15, 0.2) is 0 Å². The molecule has 1 aliphatic rings. The molecule has 1 unspecified atom stereocenters. The summed E-state index contributed by atoms with van der Waals surface area (Å²) in [5.74, 6) is 2.85. The molecule has 0 bridgehead atoms. The van der Waals surface area contributed by atoms with Crippen molar-refractivity contribution in [3.05, 3.63) is 0 Å². The van der Waals surface area contributed by atoms with E-state index < -0.39 is 0 Å². The first-order valence-electron chi connectivity index (χ1n) is 5.18. The summed E-state index contributed by atoms with van der Waals surface area (Å²) >= 11 is 0. The zero-order chi connectivity index (χ0) is 9.68. The highest BCUT2D eigenvalue weighted by Crippen LogP contribution is 2.14. The van der Waals surface area contributed by atoms with Crippen LogP contribution in [0.25, 0.3) is 0 Å². The summed E-state index contributed by atoms with van der Waals surface area (Å²) in [5.41, 5.74) is 0. The molecule has 0 radical (unpaired) electrons. The molecule has 0 saturated carbocycles. The van der Waals surface area contributed by atoms with Gasteiger partial charge in [0.1, 0.15) is 0 Å². The highest BCUT2D eigenvalue weighted by molar-refractivity contribution is 5.00. The van der Waals surface area contributed by atoms with Crippen LogP contribution in [0.5, 0.6) is 0 Å². The summed E-state index contributed by atoms with van der Waals surface area (Å²) in [7, 11) is 2.16. The van der Waals surface area contributed by atoms with Crippen LogP contribution in [0.3, 0.4) is 0 Å². The van der Waals surface area contributed by atoms with Crippen LogP contribution >= 0.6 is 0 Å². The first kappa shape index (κ1) is 10.6. The van der Waals surface area contributed by atoms with Crippen LogP contribution < -0.4 is 5.32 Å². The Bertz CT molecular complexity index is 177. The molecule has 2 nitrogen and oxygen atoms in total. The van der Waals surface area contributed by atoms with Crippen LogP contribution in [0, 0.1) is 12.3 Å². The van der Waals surface area contributed by atoms with Gasteiger partial charge in [-0.25, -0.2) is 0 Å². The minimum absolute atomic E-state index is 0.322. The molecule has 1 N–H and O–H groups in total. The molecule has 1 rings (SSSR count). The Hall–Kier alpha value is -0.520. The lowest BCUT2D eigenvalue weighted by atomic mass is 10.0. The van der Waals surface area contributed by atoms with E-state index in [0.717, 1.165) is 19.5 Å². The molecule has 0 aromatic heterocycles. The van der Waals surface area contributed by atoms with Crippen LogP contribution in [0.2, 0.25) is 0 Å². The van der Waals surface area contributed by atoms with Crippen molar-refractivity contribution in [2.45, 2.75) is 38.3 Å². The van der Waals surface area contributed by atoms with Gasteiger partial charge >= 0.3 is 0 Å². The van der Waals surface area contributed by atoms with E-state index in [1.165, 1.54) is 12.8 Å². The topological polar surface area (TPSA) is 15.3 Å². The third-order valence-corrected chi connectivity index (χ3v) is 2.96. The van der Waals surface area contributed by atoms with Crippen molar-refractivity contribution in [1.82, 2.24) is 10.2 Å². The molecular formula is C11H20N2. The number of nitrogens with one attached hydrogen (secondary N) is 1. The van der Waals surface area contributed by atoms with E-state index in [1.807, 2.05) is 0 Å². The molecule has 0 spiro atoms. The number of terminal acetylenes is 1. The van der Waals surface area contributed by atoms with Crippen LogP contribution in [0.15, 0.2) is 0 Å². The second kappa shape index (κ2) is 5.26. The maximum absolute atomic E-state index is 5.48. The monoisotopic (exact) mass is 180 g/mol. The zero-order valence-electron chi connectivity index (χ0n) is 8.71. The van der Waals surface area contributed by atoms with Gasteiger partial charge in [0, 0.05) is 6.04 Å². The van der Waals surface area contributed by atoms with Crippen LogP contribution in [-0.2, 0) is 0 Å². The lowest BCUT2D eigenvalue weighted by Crippen LogP contribution is -2.45. The van der Waals surface area contributed by atoms with Crippen LogP contribution in [-0.4, -0.2) is 37.1 Å². The quantitative estimate of drug-likeness (QED) is 0.654. The molecule has 1 atom stereocenters. The molecule has 0 aliphatic carbocycles. The Morgan fingerprint density at radius 3 is 2.62 bits per heavy atom. The van der Waals surface area contributed by atoms with E-state index in [1.54, 1.807) is 0 Å². The average Bonchev–Trinajstić information content (AvgIpc) is 2.21. The van der Waals surface area contributed by atoms with E-state index in [-0.39, 0.29) is 0 Å². The summed E-state index contributed by atoms with van der Waals surface area (Å²) in [5, 5.41) is 3.37. The summed E-state index contributed by atoms with van der Waals surface area (Å²) < 4.78 is 0. The standard InChI is InChI=1S/C11H20N2/c1-4-10(5-2)13(3)11-6-8-12-9-7-11/h1,10-12H,5-9H2,2-3H3. The van der Waals surface area contributed by atoms with Gasteiger partial charge in [-0.1, -0.05) is 12.8 Å². The Morgan fingerprint density at radius 1 is 1.54 bits per heavy atom. The molecule has 2 heteroatoms. The summed E-state index contributed by atoms with van der Waals surface area (Å²) in [4.78, 5) is 2.36. The van der Waals surface area contributed by atoms with Crippen LogP contribution in [0.1, 0.15) is 26.2 Å². The van der Waals surface area contributed by atoms with Gasteiger partial charge < -0.3 is 5.32 Å². The predicted octanol–water partition coefficient (Wildman–Crippen LogP) is 1.08. The Labute approximate surface area is 81.7 Å². The van der Waals surface area contributed by atoms with Crippen LogP contribution in [0.4, 0.5) is 0 Å². The third-order valence-electron chi connectivity index (χ3n) is 2.96. The second-order valence-electron chi connectivity index (χ2n) is 3.74. The summed E-state index contributed by atoms with van der Waals surface area (Å²) in [6, 6.07) is 1.00. The van der Waals surface area contributed by atoms with Gasteiger partial charge in [0.25, 0.3) is 0 Å². The second-order valence-corrected chi connectivity index (χ2v) is 3.74. The molecule has 0 amide bonds. The molecule has 13 heavy (non-hydrogen) atoms. The predicted molar refractivity (Wildman–Crippen MR) is 56.6 cm³/mol. The normalized spacial score (nSPS) is 21.4. The highest BCUT2D eigenvalue weighted by atomic mass is 15.2. The van der Waals surface area contributed by atoms with Crippen molar-refractivity contribution in [3.63, 3.8) is 0 Å². The molecular weight excluding hydrogens is 160 g/mol. The van der Waals surface area contributed by atoms with Crippen molar-refractivity contribution in [2.75, 3.05) is 20.1 Å². The number of hydrogen-bond acceptors (Lipinski definition) is 2. The molecule has 1 fully saturated rings. The zero-order valence-corrected chi connectivity index (χ0v) is 8.71. The number of rotatable bonds is 3. The number of nitrogens with zero attached hydrogens (tertiary/aromatic N) is 1. The van der Waals surface area contributed by atoms with E-state index >= 15 is 0 Å². The number of piperidine rings is 1. The van der Waals surface area contributed by atoms with E-state index in [0.29, 0.717) is 12.1 Å². The maximum Gasteiger partial charge on any atom is 0.0709 e. The molecule has 1 saturated heterocycles. The summed E-state index contributed by atoms with van der Waals surface area (Å²) in [6.45, 7) is 4.42. The van der Waals surface area contributed by atoms with Crippen molar-refractivity contribution in [3.8, 4) is 12.3 Å². The van der Waals surface area contributed by atoms with Crippen molar-refractivity contribution in [2.24, 2.45) is 0 Å².